The van der Waals surface area contributed by atoms with E-state index >= 15 is 0 Å². The Hall–Kier alpha value is -3.94. The van der Waals surface area contributed by atoms with Crippen molar-refractivity contribution in [2.24, 2.45) is 5.16 Å². The van der Waals surface area contributed by atoms with Crippen molar-refractivity contribution in [3.63, 3.8) is 0 Å². The Morgan fingerprint density at radius 3 is 2.61 bits per heavy atom. The van der Waals surface area contributed by atoms with E-state index in [0.717, 1.165) is 67.0 Å². The number of fused-ring (bicyclic) bond motifs is 1. The molecule has 2 aliphatic heterocycles. The third kappa shape index (κ3) is 6.49. The highest BCUT2D eigenvalue weighted by molar-refractivity contribution is 6.04. The number of hydroxylamine groups is 1. The van der Waals surface area contributed by atoms with E-state index < -0.39 is 5.91 Å². The summed E-state index contributed by atoms with van der Waals surface area (Å²) in [7, 11) is 0. The van der Waals surface area contributed by atoms with Gasteiger partial charge in [0.15, 0.2) is 0 Å². The number of ether oxygens (including phenoxy) is 1. The Balaban J connectivity index is 1.37. The molecular weight excluding hydrogens is 478 g/mol. The molecule has 2 heterocycles. The van der Waals surface area contributed by atoms with Crippen LogP contribution in [-0.4, -0.2) is 47.0 Å². The van der Waals surface area contributed by atoms with Crippen LogP contribution in [0.2, 0.25) is 0 Å². The highest BCUT2D eigenvalue weighted by Crippen LogP contribution is 2.39. The van der Waals surface area contributed by atoms with Crippen molar-refractivity contribution < 1.29 is 19.6 Å². The van der Waals surface area contributed by atoms with Gasteiger partial charge in [-0.2, -0.15) is 0 Å². The molecular formula is C31H33N3O4. The lowest BCUT2D eigenvalue weighted by Gasteiger charge is -2.45. The zero-order valence-electron chi connectivity index (χ0n) is 21.4. The second-order valence-electron chi connectivity index (χ2n) is 9.94. The summed E-state index contributed by atoms with van der Waals surface area (Å²) < 4.78 is 6.72. The Bertz CT molecular complexity index is 1290. The molecule has 2 aliphatic rings. The van der Waals surface area contributed by atoms with Crippen molar-refractivity contribution in [1.82, 2.24) is 10.4 Å². The highest BCUT2D eigenvalue weighted by Gasteiger charge is 2.43. The molecule has 1 saturated heterocycles. The molecule has 1 unspecified atom stereocenters. The average Bonchev–Trinajstić information content (AvgIpc) is 2.96. The van der Waals surface area contributed by atoms with Crippen LogP contribution in [0.1, 0.15) is 41.5 Å². The smallest absolute Gasteiger partial charge is 0.267 e. The van der Waals surface area contributed by atoms with Crippen LogP contribution in [0.3, 0.4) is 0 Å². The van der Waals surface area contributed by atoms with E-state index in [1.54, 1.807) is 11.6 Å². The molecule has 7 heteroatoms. The topological polar surface area (TPSA) is 83.4 Å². The quantitative estimate of drug-likeness (QED) is 0.253. The van der Waals surface area contributed by atoms with Gasteiger partial charge in [0.2, 0.25) is 0 Å². The van der Waals surface area contributed by atoms with Crippen LogP contribution in [0.15, 0.2) is 90.1 Å². The fourth-order valence-corrected chi connectivity index (χ4v) is 5.23. The molecule has 0 aliphatic carbocycles. The van der Waals surface area contributed by atoms with Crippen LogP contribution < -0.4 is 10.2 Å². The van der Waals surface area contributed by atoms with Gasteiger partial charge in [0.25, 0.3) is 5.91 Å². The van der Waals surface area contributed by atoms with Crippen molar-refractivity contribution in [3.05, 3.63) is 107 Å². The fraction of sp³-hybridized carbons (Fsp3) is 0.290. The molecule has 7 nitrogen and oxygen atoms in total. The van der Waals surface area contributed by atoms with E-state index in [-0.39, 0.29) is 5.60 Å². The number of carbonyl (C=O) groups is 1. The fourth-order valence-electron chi connectivity index (χ4n) is 5.23. The third-order valence-electron chi connectivity index (χ3n) is 7.09. The molecule has 38 heavy (non-hydrogen) atoms. The van der Waals surface area contributed by atoms with Crippen LogP contribution >= 0.6 is 0 Å². The zero-order valence-corrected chi connectivity index (χ0v) is 21.4. The number of hydrogen-bond acceptors (Lipinski definition) is 6. The predicted molar refractivity (Wildman–Crippen MR) is 147 cm³/mol. The number of oxime groups is 1. The van der Waals surface area contributed by atoms with Gasteiger partial charge in [0, 0.05) is 31.1 Å². The lowest BCUT2D eigenvalue weighted by molar-refractivity contribution is -0.124. The van der Waals surface area contributed by atoms with Crippen LogP contribution in [-0.2, 0) is 22.7 Å². The van der Waals surface area contributed by atoms with E-state index in [1.807, 2.05) is 48.5 Å². The normalized spacial score (nSPS) is 20.3. The maximum atomic E-state index is 11.5. The minimum Gasteiger partial charge on any atom is -0.485 e. The van der Waals surface area contributed by atoms with E-state index in [9.17, 15) is 4.79 Å². The molecule has 0 bridgehead atoms. The second-order valence-corrected chi connectivity index (χ2v) is 9.94. The summed E-state index contributed by atoms with van der Waals surface area (Å²) in [4.78, 5) is 19.8. The van der Waals surface area contributed by atoms with Gasteiger partial charge in [-0.15, -0.1) is 0 Å². The van der Waals surface area contributed by atoms with E-state index in [4.69, 9.17) is 14.8 Å². The van der Waals surface area contributed by atoms with Gasteiger partial charge in [-0.25, -0.2) is 5.48 Å². The number of piperidine rings is 1. The van der Waals surface area contributed by atoms with Crippen LogP contribution in [0.5, 0.6) is 5.75 Å². The summed E-state index contributed by atoms with van der Waals surface area (Å²) in [6.07, 6.45) is 6.57. The van der Waals surface area contributed by atoms with Crippen molar-refractivity contribution in [2.75, 3.05) is 19.6 Å². The summed E-state index contributed by atoms with van der Waals surface area (Å²) >= 11 is 0. The maximum absolute atomic E-state index is 11.5. The first-order valence-electron chi connectivity index (χ1n) is 13.1. The molecule has 1 atom stereocenters. The van der Waals surface area contributed by atoms with E-state index in [0.29, 0.717) is 13.0 Å². The minimum atomic E-state index is -0.587. The monoisotopic (exact) mass is 511 g/mol. The molecule has 0 aromatic heterocycles. The summed E-state index contributed by atoms with van der Waals surface area (Å²) in [5.74, 6) is 0.183. The number of likely N-dealkylation sites (tertiary alicyclic amines) is 1. The van der Waals surface area contributed by atoms with Crippen LogP contribution in [0.25, 0.3) is 6.08 Å². The predicted octanol–water partition coefficient (Wildman–Crippen LogP) is 4.99. The number of nitrogens with zero attached hydrogens (tertiary/aromatic N) is 2. The molecule has 1 spiro atoms. The number of rotatable bonds is 8. The number of carbonyl (C=O) groups excluding carboxylic acids is 1. The molecule has 196 valence electrons. The number of nitrogens with one attached hydrogen (secondary N) is 1. The van der Waals surface area contributed by atoms with Gasteiger partial charge in [-0.3, -0.25) is 14.9 Å². The molecule has 2 N–H and O–H groups in total. The van der Waals surface area contributed by atoms with Crippen LogP contribution in [0, 0.1) is 0 Å². The highest BCUT2D eigenvalue weighted by atomic mass is 16.6. The van der Waals surface area contributed by atoms with Gasteiger partial charge in [-0.05, 0) is 60.7 Å². The van der Waals surface area contributed by atoms with Gasteiger partial charge >= 0.3 is 0 Å². The molecule has 0 saturated carbocycles. The number of hydrogen-bond donors (Lipinski definition) is 2. The Labute approximate surface area is 223 Å². The third-order valence-corrected chi connectivity index (χ3v) is 7.09. The first-order chi connectivity index (χ1) is 18.6. The maximum Gasteiger partial charge on any atom is 0.267 e. The molecule has 1 amide bonds. The number of amides is 1. The van der Waals surface area contributed by atoms with Crippen molar-refractivity contribution in [3.8, 4) is 5.75 Å². The van der Waals surface area contributed by atoms with E-state index in [1.165, 1.54) is 11.6 Å². The first-order valence-corrected chi connectivity index (χ1v) is 13.1. The van der Waals surface area contributed by atoms with E-state index in [2.05, 4.69) is 40.4 Å². The largest absolute Gasteiger partial charge is 0.485 e. The van der Waals surface area contributed by atoms with Crippen molar-refractivity contribution in [2.45, 2.75) is 37.9 Å². The van der Waals surface area contributed by atoms with Gasteiger partial charge in [0.05, 0.1) is 5.71 Å². The second kappa shape index (κ2) is 12.1. The summed E-state index contributed by atoms with van der Waals surface area (Å²) in [5, 5.41) is 13.4. The minimum absolute atomic E-state index is 0.370. The zero-order chi connectivity index (χ0) is 26.2. The Morgan fingerprint density at radius 1 is 1.08 bits per heavy atom. The Morgan fingerprint density at radius 2 is 1.84 bits per heavy atom. The molecule has 5 rings (SSSR count). The van der Waals surface area contributed by atoms with Gasteiger partial charge in [-0.1, -0.05) is 71.9 Å². The SMILES string of the molecule is O=C(/C=C/c1ccc2c(c1)/C(=N/OCc1ccccc1)CC1(CCCN(CCc3ccccc3)C1)O2)NO. The molecule has 0 radical (unpaired) electrons. The van der Waals surface area contributed by atoms with Crippen molar-refractivity contribution in [1.29, 1.82) is 0 Å². The molecule has 3 aromatic rings. The molecule has 1 fully saturated rings. The standard InChI is InChI=1S/C31H33N3O4/c35-30(32-36)15-13-25-12-14-29-27(20-25)28(33-37-22-26-10-5-2-6-11-26)21-31(38-29)17-7-18-34(23-31)19-16-24-8-3-1-4-9-24/h1-6,8-15,20,36H,7,16-19,21-23H2,(H,32,35)/b15-13+,33-28+. The lowest BCUT2D eigenvalue weighted by Crippen LogP contribution is -2.55. The number of benzene rings is 3. The average molecular weight is 512 g/mol. The summed E-state index contributed by atoms with van der Waals surface area (Å²) in [6.45, 7) is 3.25. The van der Waals surface area contributed by atoms with Crippen LogP contribution in [0.4, 0.5) is 0 Å². The van der Waals surface area contributed by atoms with Crippen molar-refractivity contribution >= 4 is 17.7 Å². The lowest BCUT2D eigenvalue weighted by atomic mass is 9.82. The molecule has 3 aromatic carbocycles. The Kier molecular flexibility index (Phi) is 8.16. The van der Waals surface area contributed by atoms with Gasteiger partial charge < -0.3 is 9.57 Å². The summed E-state index contributed by atoms with van der Waals surface area (Å²) in [6, 6.07) is 26.3. The first kappa shape index (κ1) is 25.7. The summed E-state index contributed by atoms with van der Waals surface area (Å²) in [5.41, 5.74) is 6.14. The van der Waals surface area contributed by atoms with Gasteiger partial charge in [0.1, 0.15) is 18.0 Å².